The first-order valence-corrected chi connectivity index (χ1v) is 11.5. The molecule has 1 aromatic carbocycles. The minimum absolute atomic E-state index is 0.661. The van der Waals surface area contributed by atoms with E-state index in [9.17, 15) is 5.11 Å². The molecule has 150 valence electrons. The van der Waals surface area contributed by atoms with Gasteiger partial charge in [0.1, 0.15) is 5.75 Å². The number of unbranched alkanes of at least 4 members (excludes halogenated alkanes) is 6. The Morgan fingerprint density at radius 2 is 0.962 bits per heavy atom. The zero-order valence-electron chi connectivity index (χ0n) is 18.3. The van der Waals surface area contributed by atoms with Gasteiger partial charge in [-0.15, -0.1) is 0 Å². The highest BCUT2D eigenvalue weighted by atomic mass is 16.3. The lowest BCUT2D eigenvalue weighted by Crippen LogP contribution is -2.08. The average Bonchev–Trinajstić information content (AvgIpc) is 2.64. The van der Waals surface area contributed by atoms with Crippen LogP contribution in [0.2, 0.25) is 0 Å². The number of phenolic OH excluding ortho intramolecular Hbond substituents is 1. The van der Waals surface area contributed by atoms with Crippen molar-refractivity contribution in [2.45, 2.75) is 125 Å². The first-order valence-electron chi connectivity index (χ1n) is 11.5. The third-order valence-electron chi connectivity index (χ3n) is 5.80. The predicted octanol–water partition coefficient (Wildman–Crippen LogP) is 7.85. The Bertz CT molecular complexity index is 516. The number of benzene rings is 1. The molecule has 0 spiro atoms. The van der Waals surface area contributed by atoms with E-state index in [1.807, 2.05) is 0 Å². The number of aromatic hydroxyl groups is 1. The van der Waals surface area contributed by atoms with Crippen LogP contribution in [0.25, 0.3) is 0 Å². The van der Waals surface area contributed by atoms with Crippen molar-refractivity contribution in [1.82, 2.24) is 0 Å². The second kappa shape index (κ2) is 13.2. The summed E-state index contributed by atoms with van der Waals surface area (Å²) in [6, 6.07) is 0. The van der Waals surface area contributed by atoms with Crippen LogP contribution in [0.15, 0.2) is 0 Å². The maximum atomic E-state index is 11.2. The molecule has 0 atom stereocenters. The van der Waals surface area contributed by atoms with Crippen molar-refractivity contribution in [3.05, 3.63) is 27.8 Å². The Hall–Kier alpha value is -0.980. The summed E-state index contributed by atoms with van der Waals surface area (Å²) in [5.41, 5.74) is 6.99. The molecule has 26 heavy (non-hydrogen) atoms. The number of hydrogen-bond acceptors (Lipinski definition) is 1. The monoisotopic (exact) mass is 360 g/mol. The summed E-state index contributed by atoms with van der Waals surface area (Å²) in [7, 11) is 0. The normalized spacial score (nSPS) is 11.3. The number of rotatable bonds is 14. The molecule has 1 rings (SSSR count). The van der Waals surface area contributed by atoms with Crippen LogP contribution in [0.4, 0.5) is 0 Å². The highest BCUT2D eigenvalue weighted by molar-refractivity contribution is 5.55. The Morgan fingerprint density at radius 1 is 0.500 bits per heavy atom. The molecular formula is C25H44O. The SMILES string of the molecule is CCCCCCCc1c(O)c(CCCC)c(CCCC)c(C)c1CCC. The quantitative estimate of drug-likeness (QED) is 0.335. The van der Waals surface area contributed by atoms with Crippen LogP contribution in [0.1, 0.15) is 120 Å². The van der Waals surface area contributed by atoms with Crippen LogP contribution in [0, 0.1) is 6.92 Å². The molecule has 1 N–H and O–H groups in total. The zero-order chi connectivity index (χ0) is 19.4. The topological polar surface area (TPSA) is 20.2 Å². The van der Waals surface area contributed by atoms with E-state index in [-0.39, 0.29) is 0 Å². The van der Waals surface area contributed by atoms with Crippen molar-refractivity contribution in [2.24, 2.45) is 0 Å². The molecule has 0 amide bonds. The van der Waals surface area contributed by atoms with E-state index < -0.39 is 0 Å². The number of hydrogen-bond donors (Lipinski definition) is 1. The molecule has 0 aromatic heterocycles. The van der Waals surface area contributed by atoms with E-state index >= 15 is 0 Å². The fourth-order valence-electron chi connectivity index (χ4n) is 4.18. The van der Waals surface area contributed by atoms with Crippen molar-refractivity contribution >= 4 is 0 Å². The van der Waals surface area contributed by atoms with Gasteiger partial charge in [-0.2, -0.15) is 0 Å². The molecule has 1 heteroatoms. The highest BCUT2D eigenvalue weighted by Crippen LogP contribution is 2.37. The molecule has 0 saturated heterocycles. The molecule has 0 fully saturated rings. The first kappa shape index (κ1) is 23.1. The summed E-state index contributed by atoms with van der Waals surface area (Å²) in [5.74, 6) is 0.661. The molecular weight excluding hydrogens is 316 g/mol. The molecule has 0 radical (unpaired) electrons. The largest absolute Gasteiger partial charge is 0.507 e. The first-order chi connectivity index (χ1) is 12.6. The summed E-state index contributed by atoms with van der Waals surface area (Å²) in [5, 5.41) is 11.2. The van der Waals surface area contributed by atoms with E-state index in [0.717, 1.165) is 32.1 Å². The lowest BCUT2D eigenvalue weighted by molar-refractivity contribution is 0.454. The molecule has 0 heterocycles. The van der Waals surface area contributed by atoms with Crippen LogP contribution in [0.3, 0.4) is 0 Å². The summed E-state index contributed by atoms with van der Waals surface area (Å²) >= 11 is 0. The van der Waals surface area contributed by atoms with Crippen LogP contribution < -0.4 is 0 Å². The molecule has 0 saturated carbocycles. The van der Waals surface area contributed by atoms with Gasteiger partial charge in [-0.3, -0.25) is 0 Å². The molecule has 0 bridgehead atoms. The van der Waals surface area contributed by atoms with Gasteiger partial charge < -0.3 is 5.11 Å². The van der Waals surface area contributed by atoms with Crippen LogP contribution in [0.5, 0.6) is 5.75 Å². The van der Waals surface area contributed by atoms with Crippen molar-refractivity contribution in [3.8, 4) is 5.75 Å². The summed E-state index contributed by atoms with van der Waals surface area (Å²) in [4.78, 5) is 0. The number of phenols is 1. The summed E-state index contributed by atoms with van der Waals surface area (Å²) in [6.07, 6.45) is 16.8. The van der Waals surface area contributed by atoms with Gasteiger partial charge in [0.25, 0.3) is 0 Å². The fourth-order valence-corrected chi connectivity index (χ4v) is 4.18. The molecule has 1 aromatic rings. The van der Waals surface area contributed by atoms with E-state index in [0.29, 0.717) is 5.75 Å². The van der Waals surface area contributed by atoms with E-state index in [2.05, 4.69) is 34.6 Å². The van der Waals surface area contributed by atoms with Gasteiger partial charge in [0.05, 0.1) is 0 Å². The van der Waals surface area contributed by atoms with Crippen molar-refractivity contribution in [1.29, 1.82) is 0 Å². The van der Waals surface area contributed by atoms with E-state index in [1.54, 1.807) is 0 Å². The second-order valence-electron chi connectivity index (χ2n) is 8.01. The molecule has 0 aliphatic heterocycles. The van der Waals surface area contributed by atoms with Crippen molar-refractivity contribution in [3.63, 3.8) is 0 Å². The third-order valence-corrected chi connectivity index (χ3v) is 5.80. The van der Waals surface area contributed by atoms with Gasteiger partial charge >= 0.3 is 0 Å². The standard InChI is InChI=1S/C25H44O/c1-6-10-13-14-15-19-24-21(16-9-4)20(5)22(17-11-7-2)23(25(24)26)18-12-8-3/h26H,6-19H2,1-5H3. The van der Waals surface area contributed by atoms with Crippen LogP contribution >= 0.6 is 0 Å². The molecule has 1 nitrogen and oxygen atoms in total. The summed E-state index contributed by atoms with van der Waals surface area (Å²) < 4.78 is 0. The maximum Gasteiger partial charge on any atom is 0.122 e. The smallest absolute Gasteiger partial charge is 0.122 e. The highest BCUT2D eigenvalue weighted by Gasteiger charge is 2.20. The van der Waals surface area contributed by atoms with Crippen molar-refractivity contribution < 1.29 is 5.11 Å². The molecule has 0 aliphatic carbocycles. The van der Waals surface area contributed by atoms with Gasteiger partial charge in [-0.25, -0.2) is 0 Å². The zero-order valence-corrected chi connectivity index (χ0v) is 18.3. The second-order valence-corrected chi connectivity index (χ2v) is 8.01. The Kier molecular flexibility index (Phi) is 11.7. The van der Waals surface area contributed by atoms with Crippen LogP contribution in [-0.4, -0.2) is 5.11 Å². The average molecular weight is 361 g/mol. The van der Waals surface area contributed by atoms with Gasteiger partial charge in [0.2, 0.25) is 0 Å². The van der Waals surface area contributed by atoms with E-state index in [1.165, 1.54) is 85.6 Å². The lowest BCUT2D eigenvalue weighted by atomic mass is 9.83. The van der Waals surface area contributed by atoms with E-state index in [4.69, 9.17) is 0 Å². The Balaban J connectivity index is 3.20. The lowest BCUT2D eigenvalue weighted by Gasteiger charge is -2.23. The maximum absolute atomic E-state index is 11.2. The van der Waals surface area contributed by atoms with Gasteiger partial charge in [-0.05, 0) is 79.7 Å². The fraction of sp³-hybridized carbons (Fsp3) is 0.760. The van der Waals surface area contributed by atoms with Crippen molar-refractivity contribution in [2.75, 3.05) is 0 Å². The minimum Gasteiger partial charge on any atom is -0.507 e. The predicted molar refractivity (Wildman–Crippen MR) is 117 cm³/mol. The minimum atomic E-state index is 0.661. The van der Waals surface area contributed by atoms with Gasteiger partial charge in [0.15, 0.2) is 0 Å². The Labute approximate surface area is 163 Å². The summed E-state index contributed by atoms with van der Waals surface area (Å²) in [6.45, 7) is 11.4. The molecule has 0 unspecified atom stereocenters. The van der Waals surface area contributed by atoms with Gasteiger partial charge in [0, 0.05) is 0 Å². The van der Waals surface area contributed by atoms with Crippen LogP contribution in [-0.2, 0) is 25.7 Å². The Morgan fingerprint density at radius 3 is 1.50 bits per heavy atom. The third kappa shape index (κ3) is 6.63. The van der Waals surface area contributed by atoms with Gasteiger partial charge in [-0.1, -0.05) is 72.6 Å². The molecule has 0 aliphatic rings.